The summed E-state index contributed by atoms with van der Waals surface area (Å²) in [6.07, 6.45) is 0.697. The summed E-state index contributed by atoms with van der Waals surface area (Å²) in [4.78, 5) is 4.23. The van der Waals surface area contributed by atoms with Crippen molar-refractivity contribution in [3.05, 3.63) is 35.4 Å². The summed E-state index contributed by atoms with van der Waals surface area (Å²) in [6.45, 7) is 0.685. The van der Waals surface area contributed by atoms with Crippen molar-refractivity contribution in [3.63, 3.8) is 0 Å². The number of hydrogen-bond acceptors (Lipinski definition) is 4. The predicted octanol–water partition coefficient (Wildman–Crippen LogP) is 2.00. The molecular formula is C12H13F2N5. The van der Waals surface area contributed by atoms with Crippen LogP contribution in [0.1, 0.15) is 18.0 Å². The minimum Gasteiger partial charge on any atom is -0.356 e. The van der Waals surface area contributed by atoms with Gasteiger partial charge >= 0.3 is 0 Å². The van der Waals surface area contributed by atoms with Gasteiger partial charge in [0.2, 0.25) is 11.9 Å². The van der Waals surface area contributed by atoms with E-state index in [0.29, 0.717) is 30.4 Å². The molecule has 1 aromatic carbocycles. The Labute approximate surface area is 108 Å². The second-order valence-electron chi connectivity index (χ2n) is 4.39. The number of halogens is 2. The number of hydrogen-bond donors (Lipinski definition) is 2. The molecule has 0 radical (unpaired) electrons. The SMILES string of the molecule is CNc1nc2n(n1)C(c1cc(F)cc(F)c1)CCN2. The zero-order valence-electron chi connectivity index (χ0n) is 10.3. The van der Waals surface area contributed by atoms with Gasteiger partial charge in [0.15, 0.2) is 0 Å². The van der Waals surface area contributed by atoms with Crippen molar-refractivity contribution in [1.82, 2.24) is 14.8 Å². The Morgan fingerprint density at radius 3 is 2.74 bits per heavy atom. The lowest BCUT2D eigenvalue weighted by Gasteiger charge is -2.24. The van der Waals surface area contributed by atoms with Gasteiger partial charge in [0, 0.05) is 19.7 Å². The third-order valence-corrected chi connectivity index (χ3v) is 3.12. The topological polar surface area (TPSA) is 54.8 Å². The normalized spacial score (nSPS) is 17.7. The van der Waals surface area contributed by atoms with E-state index in [1.807, 2.05) is 0 Å². The maximum Gasteiger partial charge on any atom is 0.243 e. The molecule has 0 aliphatic carbocycles. The van der Waals surface area contributed by atoms with E-state index in [4.69, 9.17) is 0 Å². The number of anilines is 2. The van der Waals surface area contributed by atoms with Crippen molar-refractivity contribution in [2.24, 2.45) is 0 Å². The molecule has 0 saturated carbocycles. The number of rotatable bonds is 2. The highest BCUT2D eigenvalue weighted by atomic mass is 19.1. The van der Waals surface area contributed by atoms with Crippen LogP contribution in [0.25, 0.3) is 0 Å². The van der Waals surface area contributed by atoms with Crippen LogP contribution in [0.4, 0.5) is 20.7 Å². The maximum absolute atomic E-state index is 13.3. The Kier molecular flexibility index (Phi) is 2.81. The van der Waals surface area contributed by atoms with E-state index >= 15 is 0 Å². The Morgan fingerprint density at radius 2 is 2.05 bits per heavy atom. The number of nitrogens with zero attached hydrogens (tertiary/aromatic N) is 3. The Hall–Kier alpha value is -2.18. The van der Waals surface area contributed by atoms with Gasteiger partial charge in [0.05, 0.1) is 6.04 Å². The van der Waals surface area contributed by atoms with Crippen molar-refractivity contribution >= 4 is 11.9 Å². The van der Waals surface area contributed by atoms with E-state index in [1.54, 1.807) is 11.7 Å². The van der Waals surface area contributed by atoms with E-state index in [0.717, 1.165) is 6.07 Å². The molecule has 1 atom stereocenters. The van der Waals surface area contributed by atoms with Gasteiger partial charge in [-0.25, -0.2) is 13.5 Å². The predicted molar refractivity (Wildman–Crippen MR) is 67.2 cm³/mol. The average Bonchev–Trinajstić information content (AvgIpc) is 2.80. The monoisotopic (exact) mass is 265 g/mol. The van der Waals surface area contributed by atoms with Crippen molar-refractivity contribution in [3.8, 4) is 0 Å². The van der Waals surface area contributed by atoms with E-state index < -0.39 is 11.6 Å². The highest BCUT2D eigenvalue weighted by Gasteiger charge is 2.25. The molecule has 3 rings (SSSR count). The fourth-order valence-electron chi connectivity index (χ4n) is 2.29. The first-order valence-corrected chi connectivity index (χ1v) is 6.01. The van der Waals surface area contributed by atoms with Crippen LogP contribution in [0.15, 0.2) is 18.2 Å². The molecule has 2 heterocycles. The zero-order chi connectivity index (χ0) is 13.4. The third kappa shape index (κ3) is 2.11. The van der Waals surface area contributed by atoms with Crippen LogP contribution < -0.4 is 10.6 Å². The van der Waals surface area contributed by atoms with Gasteiger partial charge in [-0.05, 0) is 24.1 Å². The molecule has 0 bridgehead atoms. The summed E-state index contributed by atoms with van der Waals surface area (Å²) < 4.78 is 28.3. The first-order valence-electron chi connectivity index (χ1n) is 6.01. The molecule has 2 N–H and O–H groups in total. The summed E-state index contributed by atoms with van der Waals surface area (Å²) in [5, 5.41) is 10.2. The van der Waals surface area contributed by atoms with Crippen LogP contribution in [0.5, 0.6) is 0 Å². The summed E-state index contributed by atoms with van der Waals surface area (Å²) in [6, 6.07) is 3.33. The fourth-order valence-corrected chi connectivity index (χ4v) is 2.29. The number of fused-ring (bicyclic) bond motifs is 1. The summed E-state index contributed by atoms with van der Waals surface area (Å²) in [7, 11) is 1.72. The molecule has 1 aliphatic rings. The minimum atomic E-state index is -0.580. The number of aromatic nitrogens is 3. The lowest BCUT2D eigenvalue weighted by molar-refractivity contribution is 0.473. The Balaban J connectivity index is 2.05. The maximum atomic E-state index is 13.3. The van der Waals surface area contributed by atoms with Gasteiger partial charge in [0.1, 0.15) is 11.6 Å². The molecule has 0 amide bonds. The Morgan fingerprint density at radius 1 is 1.32 bits per heavy atom. The summed E-state index contributed by atoms with van der Waals surface area (Å²) >= 11 is 0. The van der Waals surface area contributed by atoms with Crippen LogP contribution in [0.3, 0.4) is 0 Å². The smallest absolute Gasteiger partial charge is 0.243 e. The van der Waals surface area contributed by atoms with E-state index in [2.05, 4.69) is 20.7 Å². The van der Waals surface area contributed by atoms with Crippen LogP contribution >= 0.6 is 0 Å². The second kappa shape index (κ2) is 4.49. The standard InChI is InChI=1S/C12H13F2N5/c1-15-11-17-12-16-3-2-10(19(12)18-11)7-4-8(13)6-9(14)5-7/h4-6,10H,2-3H2,1H3,(H2,15,16,17,18). The summed E-state index contributed by atoms with van der Waals surface area (Å²) in [5.41, 5.74) is 0.563. The van der Waals surface area contributed by atoms with E-state index in [9.17, 15) is 8.78 Å². The molecule has 1 unspecified atom stereocenters. The lowest BCUT2D eigenvalue weighted by Crippen LogP contribution is -2.25. The molecule has 0 fully saturated rings. The second-order valence-corrected chi connectivity index (χ2v) is 4.39. The van der Waals surface area contributed by atoms with Gasteiger partial charge in [0.25, 0.3) is 0 Å². The molecule has 5 nitrogen and oxygen atoms in total. The molecule has 0 spiro atoms. The Bertz CT molecular complexity index is 590. The summed E-state index contributed by atoms with van der Waals surface area (Å²) in [5.74, 6) is -0.0791. The first-order chi connectivity index (χ1) is 9.17. The van der Waals surface area contributed by atoms with Gasteiger partial charge in [-0.1, -0.05) is 0 Å². The van der Waals surface area contributed by atoms with Crippen LogP contribution in [0.2, 0.25) is 0 Å². The molecule has 0 saturated heterocycles. The first kappa shape index (κ1) is 11.9. The van der Waals surface area contributed by atoms with Crippen LogP contribution in [0, 0.1) is 11.6 Å². The zero-order valence-corrected chi connectivity index (χ0v) is 10.3. The quantitative estimate of drug-likeness (QED) is 0.872. The van der Waals surface area contributed by atoms with Crippen LogP contribution in [-0.2, 0) is 0 Å². The average molecular weight is 265 g/mol. The van der Waals surface area contributed by atoms with Gasteiger partial charge < -0.3 is 10.6 Å². The van der Waals surface area contributed by atoms with Gasteiger partial charge in [-0.15, -0.1) is 5.10 Å². The molecule has 2 aromatic rings. The molecule has 7 heteroatoms. The number of benzene rings is 1. The number of nitrogens with one attached hydrogen (secondary N) is 2. The molecule has 1 aliphatic heterocycles. The van der Waals surface area contributed by atoms with Crippen molar-refractivity contribution in [2.45, 2.75) is 12.5 Å². The molecular weight excluding hydrogens is 252 g/mol. The van der Waals surface area contributed by atoms with E-state index in [1.165, 1.54) is 12.1 Å². The highest BCUT2D eigenvalue weighted by Crippen LogP contribution is 2.29. The molecule has 100 valence electrons. The lowest BCUT2D eigenvalue weighted by atomic mass is 10.0. The van der Waals surface area contributed by atoms with Crippen LogP contribution in [-0.4, -0.2) is 28.4 Å². The highest BCUT2D eigenvalue weighted by molar-refractivity contribution is 5.39. The fraction of sp³-hybridized carbons (Fsp3) is 0.333. The van der Waals surface area contributed by atoms with E-state index in [-0.39, 0.29) is 6.04 Å². The molecule has 19 heavy (non-hydrogen) atoms. The van der Waals surface area contributed by atoms with Crippen molar-refractivity contribution in [2.75, 3.05) is 24.2 Å². The third-order valence-electron chi connectivity index (χ3n) is 3.12. The van der Waals surface area contributed by atoms with Gasteiger partial charge in [-0.3, -0.25) is 0 Å². The largest absolute Gasteiger partial charge is 0.356 e. The van der Waals surface area contributed by atoms with Crippen molar-refractivity contribution in [1.29, 1.82) is 0 Å². The molecule has 1 aromatic heterocycles. The van der Waals surface area contributed by atoms with Crippen molar-refractivity contribution < 1.29 is 8.78 Å². The minimum absolute atomic E-state index is 0.212. The van der Waals surface area contributed by atoms with Gasteiger partial charge in [-0.2, -0.15) is 4.98 Å².